The molecule has 0 saturated carbocycles. The monoisotopic (exact) mass is 472 g/mol. The zero-order valence-corrected chi connectivity index (χ0v) is 20.1. The van der Waals surface area contributed by atoms with Crippen molar-refractivity contribution in [3.63, 3.8) is 0 Å². The maximum Gasteiger partial charge on any atom is 0.407 e. The van der Waals surface area contributed by atoms with Crippen molar-refractivity contribution in [2.24, 2.45) is 5.92 Å². The van der Waals surface area contributed by atoms with Gasteiger partial charge in [0.25, 0.3) is 0 Å². The van der Waals surface area contributed by atoms with E-state index in [2.05, 4.69) is 40.9 Å². The van der Waals surface area contributed by atoms with Gasteiger partial charge in [-0.05, 0) is 62.6 Å². The summed E-state index contributed by atoms with van der Waals surface area (Å²) in [5.41, 5.74) is 3.91. The summed E-state index contributed by atoms with van der Waals surface area (Å²) >= 11 is 0. The number of benzene rings is 2. The minimum absolute atomic E-state index is 0.179. The Kier molecular flexibility index (Phi) is 7.03. The molecule has 0 radical (unpaired) electrons. The molecule has 7 heteroatoms. The van der Waals surface area contributed by atoms with Crippen LogP contribution in [0.3, 0.4) is 0 Å². The molecule has 1 unspecified atom stereocenters. The number of carboxylic acid groups (broad SMARTS) is 1. The molecule has 5 rings (SSSR count). The Labute approximate surface area is 206 Å². The molecular weight excluding hydrogens is 440 g/mol. The van der Waals surface area contributed by atoms with E-state index in [1.807, 2.05) is 36.4 Å². The summed E-state index contributed by atoms with van der Waals surface area (Å²) in [4.78, 5) is 23.3. The maximum atomic E-state index is 11.1. The molecule has 1 aromatic heterocycles. The first-order valence-corrected chi connectivity index (χ1v) is 12.4. The van der Waals surface area contributed by atoms with Crippen LogP contribution in [0.15, 0.2) is 48.5 Å². The van der Waals surface area contributed by atoms with Gasteiger partial charge in [0, 0.05) is 37.7 Å². The molecule has 35 heavy (non-hydrogen) atoms. The molecule has 1 atom stereocenters. The molecule has 3 heterocycles. The number of nitrogens with zero attached hydrogens (tertiary/aromatic N) is 3. The Hall–Kier alpha value is -3.34. The Balaban J connectivity index is 1.38. The van der Waals surface area contributed by atoms with Crippen LogP contribution in [0.5, 0.6) is 0 Å². The lowest BCUT2D eigenvalue weighted by Crippen LogP contribution is -2.37. The van der Waals surface area contributed by atoms with Crippen LogP contribution in [0.4, 0.5) is 4.79 Å². The summed E-state index contributed by atoms with van der Waals surface area (Å²) in [6.07, 6.45) is 2.60. The van der Waals surface area contributed by atoms with E-state index in [4.69, 9.17) is 14.8 Å². The first-order chi connectivity index (χ1) is 17.0. The molecular formula is C28H32N4O3. The fourth-order valence-electron chi connectivity index (χ4n) is 4.89. The number of imidazole rings is 1. The van der Waals surface area contributed by atoms with Gasteiger partial charge in [0.05, 0.1) is 17.1 Å². The largest absolute Gasteiger partial charge is 0.465 e. The number of aromatic nitrogens is 2. The third kappa shape index (κ3) is 5.67. The molecule has 0 spiro atoms. The quantitative estimate of drug-likeness (QED) is 0.546. The van der Waals surface area contributed by atoms with Crippen LogP contribution in [0.25, 0.3) is 11.0 Å². The third-order valence-electron chi connectivity index (χ3n) is 7.03. The summed E-state index contributed by atoms with van der Waals surface area (Å²) in [5, 5.41) is 9.15. The van der Waals surface area contributed by atoms with Crippen molar-refractivity contribution in [2.45, 2.75) is 37.9 Å². The zero-order valence-electron chi connectivity index (χ0n) is 20.1. The molecule has 2 saturated heterocycles. The zero-order chi connectivity index (χ0) is 24.2. The predicted octanol–water partition coefficient (Wildman–Crippen LogP) is 4.50. The van der Waals surface area contributed by atoms with Crippen molar-refractivity contribution in [1.82, 2.24) is 19.8 Å². The number of carbonyl (C=O) groups is 1. The van der Waals surface area contributed by atoms with Crippen LogP contribution in [0, 0.1) is 17.8 Å². The minimum Gasteiger partial charge on any atom is -0.465 e. The van der Waals surface area contributed by atoms with Gasteiger partial charge >= 0.3 is 6.09 Å². The van der Waals surface area contributed by atoms with E-state index < -0.39 is 6.09 Å². The van der Waals surface area contributed by atoms with Crippen molar-refractivity contribution in [3.05, 3.63) is 65.5 Å². The van der Waals surface area contributed by atoms with E-state index in [1.54, 1.807) is 0 Å². The number of fused-ring (bicyclic) bond motifs is 1. The van der Waals surface area contributed by atoms with Crippen LogP contribution < -0.4 is 0 Å². The molecule has 2 aliphatic rings. The first kappa shape index (κ1) is 23.4. The van der Waals surface area contributed by atoms with Crippen molar-refractivity contribution in [1.29, 1.82) is 0 Å². The van der Waals surface area contributed by atoms with Crippen LogP contribution >= 0.6 is 0 Å². The van der Waals surface area contributed by atoms with Crippen molar-refractivity contribution in [2.75, 3.05) is 33.2 Å². The highest BCUT2D eigenvalue weighted by molar-refractivity contribution is 5.75. The molecule has 1 amide bonds. The van der Waals surface area contributed by atoms with Crippen LogP contribution in [-0.4, -0.2) is 70.3 Å². The molecule has 2 aliphatic heterocycles. The number of hydrogen-bond donors (Lipinski definition) is 2. The van der Waals surface area contributed by atoms with E-state index in [9.17, 15) is 4.79 Å². The first-order valence-electron chi connectivity index (χ1n) is 12.4. The minimum atomic E-state index is -0.842. The molecule has 3 aromatic rings. The van der Waals surface area contributed by atoms with Crippen molar-refractivity contribution in [3.8, 4) is 11.8 Å². The topological polar surface area (TPSA) is 81.7 Å². The van der Waals surface area contributed by atoms with Gasteiger partial charge in [-0.15, -0.1) is 0 Å². The van der Waals surface area contributed by atoms with Crippen LogP contribution in [-0.2, 0) is 4.74 Å². The fraction of sp³-hybridized carbons (Fsp3) is 0.429. The number of amides is 1. The lowest BCUT2D eigenvalue weighted by Gasteiger charge is -2.31. The number of ether oxygens (including phenoxy) is 1. The van der Waals surface area contributed by atoms with Crippen LogP contribution in [0.1, 0.15) is 48.7 Å². The second-order valence-corrected chi connectivity index (χ2v) is 9.60. The molecule has 182 valence electrons. The standard InChI is InChI=1S/C28H32N4O3/c1-31-15-13-23(14-16-31)35-26(27-29-24-7-2-3-8-25(24)30-27)22-6-4-5-21(19-22)10-9-20-11-17-32(18-12-20)28(33)34/h2-8,19-20,23,26H,11-18H2,1H3,(H,29,30)(H,33,34). The summed E-state index contributed by atoms with van der Waals surface area (Å²) < 4.78 is 6.70. The van der Waals surface area contributed by atoms with Crippen molar-refractivity contribution >= 4 is 17.1 Å². The van der Waals surface area contributed by atoms with E-state index >= 15 is 0 Å². The summed E-state index contributed by atoms with van der Waals surface area (Å²) in [7, 11) is 2.15. The van der Waals surface area contributed by atoms with E-state index in [-0.39, 0.29) is 18.1 Å². The summed E-state index contributed by atoms with van der Waals surface area (Å²) in [6, 6.07) is 16.3. The second kappa shape index (κ2) is 10.5. The predicted molar refractivity (Wildman–Crippen MR) is 135 cm³/mol. The number of nitrogens with one attached hydrogen (secondary N) is 1. The molecule has 0 aliphatic carbocycles. The number of hydrogen-bond acceptors (Lipinski definition) is 4. The number of piperidine rings is 2. The van der Waals surface area contributed by atoms with Gasteiger partial charge in [-0.25, -0.2) is 9.78 Å². The van der Waals surface area contributed by atoms with E-state index in [0.717, 1.165) is 66.8 Å². The Morgan fingerprint density at radius 2 is 1.86 bits per heavy atom. The number of likely N-dealkylation sites (tertiary alicyclic amines) is 2. The van der Waals surface area contributed by atoms with Gasteiger partial charge < -0.3 is 24.6 Å². The lowest BCUT2D eigenvalue weighted by molar-refractivity contribution is -0.0264. The highest BCUT2D eigenvalue weighted by Gasteiger charge is 2.26. The van der Waals surface area contributed by atoms with Gasteiger partial charge in [-0.1, -0.05) is 36.1 Å². The molecule has 2 N–H and O–H groups in total. The molecule has 2 fully saturated rings. The van der Waals surface area contributed by atoms with Crippen LogP contribution in [0.2, 0.25) is 0 Å². The Bertz CT molecular complexity index is 1190. The van der Waals surface area contributed by atoms with Gasteiger partial charge in [0.1, 0.15) is 11.9 Å². The second-order valence-electron chi connectivity index (χ2n) is 9.60. The summed E-state index contributed by atoms with van der Waals surface area (Å²) in [5.74, 6) is 7.74. The normalized spacial score (nSPS) is 18.8. The van der Waals surface area contributed by atoms with E-state index in [0.29, 0.717) is 13.1 Å². The lowest BCUT2D eigenvalue weighted by atomic mass is 9.97. The van der Waals surface area contributed by atoms with Crippen molar-refractivity contribution < 1.29 is 14.6 Å². The average Bonchev–Trinajstić information content (AvgIpc) is 3.31. The Morgan fingerprint density at radius 3 is 2.60 bits per heavy atom. The molecule has 2 aromatic carbocycles. The average molecular weight is 473 g/mol. The SMILES string of the molecule is CN1CCC(OC(c2cccc(C#CC3CCN(C(=O)O)CC3)c2)c2nc3ccccc3[nH]2)CC1. The molecule has 0 bridgehead atoms. The fourth-order valence-corrected chi connectivity index (χ4v) is 4.89. The highest BCUT2D eigenvalue weighted by atomic mass is 16.5. The molecule has 7 nitrogen and oxygen atoms in total. The van der Waals surface area contributed by atoms with Gasteiger partial charge in [0.2, 0.25) is 0 Å². The number of para-hydroxylation sites is 2. The highest BCUT2D eigenvalue weighted by Crippen LogP contribution is 2.30. The smallest absolute Gasteiger partial charge is 0.407 e. The Morgan fingerprint density at radius 1 is 1.09 bits per heavy atom. The third-order valence-corrected chi connectivity index (χ3v) is 7.03. The number of H-pyrrole nitrogens is 1. The van der Waals surface area contributed by atoms with Gasteiger partial charge in [0.15, 0.2) is 0 Å². The van der Waals surface area contributed by atoms with Gasteiger partial charge in [-0.2, -0.15) is 0 Å². The maximum absolute atomic E-state index is 11.1. The number of aromatic amines is 1. The van der Waals surface area contributed by atoms with Gasteiger partial charge in [-0.3, -0.25) is 0 Å². The van der Waals surface area contributed by atoms with E-state index in [1.165, 1.54) is 4.90 Å². The summed E-state index contributed by atoms with van der Waals surface area (Å²) in [6.45, 7) is 3.16. The number of rotatable bonds is 4.